The highest BCUT2D eigenvalue weighted by Gasteiger charge is 2.30. The summed E-state index contributed by atoms with van der Waals surface area (Å²) < 4.78 is 0. The number of hydrogen-bond donors (Lipinski definition) is 1. The van der Waals surface area contributed by atoms with Crippen LogP contribution < -0.4 is 5.32 Å². The molecule has 2 heterocycles. The van der Waals surface area contributed by atoms with Crippen LogP contribution >= 0.6 is 23.1 Å². The predicted molar refractivity (Wildman–Crippen MR) is 97.2 cm³/mol. The molecule has 0 bridgehead atoms. The van der Waals surface area contributed by atoms with Crippen molar-refractivity contribution in [1.29, 1.82) is 5.26 Å². The first-order chi connectivity index (χ1) is 11.4. The van der Waals surface area contributed by atoms with Crippen LogP contribution in [0.2, 0.25) is 0 Å². The van der Waals surface area contributed by atoms with Crippen LogP contribution in [0.1, 0.15) is 37.6 Å². The Balaban J connectivity index is 1.75. The topological polar surface area (TPSA) is 78.7 Å². The maximum Gasteiger partial charge on any atom is 0.231 e. The van der Waals surface area contributed by atoms with E-state index >= 15 is 0 Å². The number of thioether (sulfide) groups is 1. The maximum absolute atomic E-state index is 12.3. The summed E-state index contributed by atoms with van der Waals surface area (Å²) in [5, 5.41) is 14.2. The lowest BCUT2D eigenvalue weighted by Gasteiger charge is -2.27. The van der Waals surface area contributed by atoms with E-state index in [1.807, 2.05) is 13.8 Å². The van der Waals surface area contributed by atoms with Crippen molar-refractivity contribution in [1.82, 2.24) is 15.3 Å². The number of thiophene rings is 1. The van der Waals surface area contributed by atoms with E-state index in [4.69, 9.17) is 0 Å². The fourth-order valence-corrected chi connectivity index (χ4v) is 4.89. The highest BCUT2D eigenvalue weighted by molar-refractivity contribution is 8.00. The predicted octanol–water partition coefficient (Wildman–Crippen LogP) is 3.33. The number of hydrogen-bond acceptors (Lipinski definition) is 6. The Kier molecular flexibility index (Phi) is 4.79. The van der Waals surface area contributed by atoms with Crippen molar-refractivity contribution in [3.05, 3.63) is 16.8 Å². The van der Waals surface area contributed by atoms with Crippen LogP contribution in [-0.4, -0.2) is 27.2 Å². The van der Waals surface area contributed by atoms with Gasteiger partial charge in [-0.25, -0.2) is 9.97 Å². The third-order valence-corrected chi connectivity index (χ3v) is 6.78. The van der Waals surface area contributed by atoms with Crippen LogP contribution in [-0.2, 0) is 17.6 Å². The fraction of sp³-hybridized carbons (Fsp3) is 0.529. The summed E-state index contributed by atoms with van der Waals surface area (Å²) in [6.07, 6.45) is 4.95. The van der Waals surface area contributed by atoms with Gasteiger partial charge in [0.1, 0.15) is 21.7 Å². The summed E-state index contributed by atoms with van der Waals surface area (Å²) in [6.45, 7) is 5.62. The van der Waals surface area contributed by atoms with E-state index in [2.05, 4.69) is 21.4 Å². The SMILES string of the molecule is CC(C)C(C)(C#N)NC(=O)CSc1ncnc2sc3c(c12)CCC3. The van der Waals surface area contributed by atoms with Crippen LogP contribution in [0.15, 0.2) is 11.4 Å². The fourth-order valence-electron chi connectivity index (χ4n) is 2.77. The molecule has 1 atom stereocenters. The molecule has 0 aliphatic heterocycles. The van der Waals surface area contributed by atoms with Gasteiger partial charge in [0.25, 0.3) is 0 Å². The normalized spacial score (nSPS) is 16.0. The van der Waals surface area contributed by atoms with E-state index in [9.17, 15) is 10.1 Å². The Morgan fingerprint density at radius 1 is 1.50 bits per heavy atom. The summed E-state index contributed by atoms with van der Waals surface area (Å²) in [4.78, 5) is 23.5. The molecule has 24 heavy (non-hydrogen) atoms. The van der Waals surface area contributed by atoms with E-state index in [-0.39, 0.29) is 17.6 Å². The molecule has 0 aromatic carbocycles. The van der Waals surface area contributed by atoms with E-state index in [1.54, 1.807) is 24.6 Å². The van der Waals surface area contributed by atoms with E-state index in [1.165, 1.54) is 28.6 Å². The monoisotopic (exact) mass is 360 g/mol. The zero-order valence-corrected chi connectivity index (χ0v) is 15.7. The van der Waals surface area contributed by atoms with Crippen LogP contribution in [0.25, 0.3) is 10.2 Å². The van der Waals surface area contributed by atoms with Gasteiger partial charge >= 0.3 is 0 Å². The standard InChI is InChI=1S/C17H20N4OS2/c1-10(2)17(3,8-18)21-13(22)7-23-15-14-11-5-4-6-12(11)24-16(14)20-9-19-15/h9-10H,4-7H2,1-3H3,(H,21,22). The second kappa shape index (κ2) is 6.69. The molecule has 1 N–H and O–H groups in total. The average Bonchev–Trinajstić information content (AvgIpc) is 3.13. The lowest BCUT2D eigenvalue weighted by Crippen LogP contribution is -2.49. The molecule has 1 unspecified atom stereocenters. The molecular weight excluding hydrogens is 340 g/mol. The van der Waals surface area contributed by atoms with Gasteiger partial charge in [-0.05, 0) is 37.7 Å². The summed E-state index contributed by atoms with van der Waals surface area (Å²) in [5.41, 5.74) is 0.518. The number of aryl methyl sites for hydroxylation is 2. The second-order valence-corrected chi connectivity index (χ2v) is 8.57. The number of nitrogens with one attached hydrogen (secondary N) is 1. The number of carbonyl (C=O) groups is 1. The molecule has 2 aromatic heterocycles. The van der Waals surface area contributed by atoms with Gasteiger partial charge in [0, 0.05) is 10.3 Å². The molecule has 5 nitrogen and oxygen atoms in total. The number of fused-ring (bicyclic) bond motifs is 3. The molecule has 0 saturated heterocycles. The Bertz CT molecular complexity index is 824. The van der Waals surface area contributed by atoms with Gasteiger partial charge < -0.3 is 5.32 Å². The highest BCUT2D eigenvalue weighted by Crippen LogP contribution is 2.39. The van der Waals surface area contributed by atoms with Crippen molar-refractivity contribution in [3.8, 4) is 6.07 Å². The molecule has 0 fully saturated rings. The number of aromatic nitrogens is 2. The van der Waals surface area contributed by atoms with Crippen molar-refractivity contribution in [2.45, 2.75) is 50.6 Å². The lowest BCUT2D eigenvalue weighted by molar-refractivity contribution is -0.120. The van der Waals surface area contributed by atoms with Crippen molar-refractivity contribution in [3.63, 3.8) is 0 Å². The van der Waals surface area contributed by atoms with Crippen LogP contribution in [0.4, 0.5) is 0 Å². The minimum Gasteiger partial charge on any atom is -0.337 e. The summed E-state index contributed by atoms with van der Waals surface area (Å²) in [7, 11) is 0. The molecule has 0 spiro atoms. The van der Waals surface area contributed by atoms with Gasteiger partial charge in [0.05, 0.1) is 11.8 Å². The van der Waals surface area contributed by atoms with Crippen molar-refractivity contribution >= 4 is 39.2 Å². The van der Waals surface area contributed by atoms with E-state index in [0.29, 0.717) is 0 Å². The van der Waals surface area contributed by atoms with Gasteiger partial charge in [0.2, 0.25) is 5.91 Å². The van der Waals surface area contributed by atoms with Gasteiger partial charge in [-0.2, -0.15) is 5.26 Å². The first-order valence-electron chi connectivity index (χ1n) is 8.05. The minimum atomic E-state index is -0.845. The molecular formula is C17H20N4OS2. The highest BCUT2D eigenvalue weighted by atomic mass is 32.2. The summed E-state index contributed by atoms with van der Waals surface area (Å²) in [6, 6.07) is 2.20. The Morgan fingerprint density at radius 3 is 3.00 bits per heavy atom. The largest absolute Gasteiger partial charge is 0.337 e. The molecule has 7 heteroatoms. The molecule has 1 aliphatic rings. The molecule has 0 radical (unpaired) electrons. The Morgan fingerprint density at radius 2 is 2.29 bits per heavy atom. The molecule has 1 amide bonds. The van der Waals surface area contributed by atoms with Crippen molar-refractivity contribution in [2.24, 2.45) is 5.92 Å². The molecule has 0 saturated carbocycles. The smallest absolute Gasteiger partial charge is 0.231 e. The van der Waals surface area contributed by atoms with Crippen LogP contribution in [0.5, 0.6) is 0 Å². The number of amides is 1. The van der Waals surface area contributed by atoms with Crippen molar-refractivity contribution < 1.29 is 4.79 Å². The first kappa shape index (κ1) is 17.2. The van der Waals surface area contributed by atoms with Gasteiger partial charge in [-0.15, -0.1) is 11.3 Å². The Labute approximate surface area is 149 Å². The summed E-state index contributed by atoms with van der Waals surface area (Å²) in [5.74, 6) is 0.152. The van der Waals surface area contributed by atoms with E-state index in [0.717, 1.165) is 28.1 Å². The van der Waals surface area contributed by atoms with Gasteiger partial charge in [0.15, 0.2) is 0 Å². The maximum atomic E-state index is 12.3. The quantitative estimate of drug-likeness (QED) is 0.653. The zero-order valence-electron chi connectivity index (χ0n) is 14.0. The van der Waals surface area contributed by atoms with Gasteiger partial charge in [-0.3, -0.25) is 4.79 Å². The number of nitriles is 1. The molecule has 1 aliphatic carbocycles. The van der Waals surface area contributed by atoms with Crippen molar-refractivity contribution in [2.75, 3.05) is 5.75 Å². The zero-order chi connectivity index (χ0) is 17.3. The van der Waals surface area contributed by atoms with Crippen LogP contribution in [0, 0.1) is 17.2 Å². The minimum absolute atomic E-state index is 0.0438. The lowest BCUT2D eigenvalue weighted by atomic mass is 9.90. The molecule has 2 aromatic rings. The molecule has 126 valence electrons. The first-order valence-corrected chi connectivity index (χ1v) is 9.85. The number of carbonyl (C=O) groups excluding carboxylic acids is 1. The summed E-state index contributed by atoms with van der Waals surface area (Å²) >= 11 is 3.17. The number of rotatable bonds is 5. The average molecular weight is 361 g/mol. The van der Waals surface area contributed by atoms with Gasteiger partial charge in [-0.1, -0.05) is 25.6 Å². The second-order valence-electron chi connectivity index (χ2n) is 6.52. The third kappa shape index (κ3) is 3.13. The third-order valence-electron chi connectivity index (χ3n) is 4.59. The van der Waals surface area contributed by atoms with Crippen LogP contribution in [0.3, 0.4) is 0 Å². The number of nitrogens with zero attached hydrogens (tertiary/aromatic N) is 3. The molecule has 3 rings (SSSR count). The Hall–Kier alpha value is -1.65. The van der Waals surface area contributed by atoms with E-state index < -0.39 is 5.54 Å².